The first-order valence-corrected chi connectivity index (χ1v) is 11.9. The smallest absolute Gasteiger partial charge is 0.328 e. The van der Waals surface area contributed by atoms with Crippen LogP contribution in [0.5, 0.6) is 0 Å². The number of ether oxygens (including phenoxy) is 2. The third-order valence-corrected chi connectivity index (χ3v) is 6.59. The van der Waals surface area contributed by atoms with Crippen LogP contribution in [0.3, 0.4) is 0 Å². The number of aliphatic imine (C=N–C) groups is 1. The number of rotatable bonds is 7. The van der Waals surface area contributed by atoms with Crippen LogP contribution in [0.1, 0.15) is 51.2 Å². The first-order chi connectivity index (χ1) is 16.6. The van der Waals surface area contributed by atoms with Crippen molar-refractivity contribution in [2.45, 2.75) is 57.8 Å². The molecule has 186 valence electrons. The maximum Gasteiger partial charge on any atom is 0.328 e. The fraction of sp³-hybridized carbons (Fsp3) is 0.444. The normalized spacial score (nSPS) is 20.0. The van der Waals surface area contributed by atoms with Crippen LogP contribution in [0.4, 0.5) is 0 Å². The van der Waals surface area contributed by atoms with E-state index >= 15 is 0 Å². The van der Waals surface area contributed by atoms with Crippen molar-refractivity contribution in [3.8, 4) is 11.1 Å². The number of amides is 1. The molecule has 4 rings (SSSR count). The van der Waals surface area contributed by atoms with E-state index in [1.807, 2.05) is 50.2 Å². The quantitative estimate of drug-likeness (QED) is 0.483. The van der Waals surface area contributed by atoms with E-state index in [1.54, 1.807) is 13.8 Å². The molecule has 8 heteroatoms. The molecule has 0 radical (unpaired) electrons. The van der Waals surface area contributed by atoms with Crippen LogP contribution in [-0.4, -0.2) is 59.0 Å². The minimum absolute atomic E-state index is 0.0454. The predicted molar refractivity (Wildman–Crippen MR) is 129 cm³/mol. The molecule has 0 bridgehead atoms. The lowest BCUT2D eigenvalue weighted by Gasteiger charge is -2.34. The lowest BCUT2D eigenvalue weighted by atomic mass is 9.98. The van der Waals surface area contributed by atoms with Crippen LogP contribution in [0.15, 0.2) is 53.5 Å². The summed E-state index contributed by atoms with van der Waals surface area (Å²) in [4.78, 5) is 30.4. The van der Waals surface area contributed by atoms with E-state index in [9.17, 15) is 19.8 Å². The molecule has 35 heavy (non-hydrogen) atoms. The zero-order chi connectivity index (χ0) is 25.3. The van der Waals surface area contributed by atoms with Crippen molar-refractivity contribution in [2.75, 3.05) is 13.2 Å². The van der Waals surface area contributed by atoms with Gasteiger partial charge in [0.05, 0.1) is 6.61 Å². The largest absolute Gasteiger partial charge is 0.599 e. The Hall–Kier alpha value is -3.39. The third kappa shape index (κ3) is 4.89. The molecule has 0 aromatic heterocycles. The molecule has 2 atom stereocenters. The van der Waals surface area contributed by atoms with Crippen molar-refractivity contribution in [3.05, 3.63) is 59.7 Å². The summed E-state index contributed by atoms with van der Waals surface area (Å²) in [5, 5.41) is 22.4. The number of carboxylic acid groups (broad SMARTS) is 1. The summed E-state index contributed by atoms with van der Waals surface area (Å²) in [6, 6.07) is 13.8. The second-order valence-corrected chi connectivity index (χ2v) is 9.90. The van der Waals surface area contributed by atoms with E-state index in [1.165, 1.54) is 4.90 Å². The molecule has 2 aromatic carbocycles. The number of carbonyl (C=O) groups excluding carboxylic acids is 1. The van der Waals surface area contributed by atoms with Gasteiger partial charge in [-0.15, -0.1) is 0 Å². The average molecular weight is 480 g/mol. The lowest BCUT2D eigenvalue weighted by molar-refractivity contribution is -0.251. The van der Waals surface area contributed by atoms with E-state index in [4.69, 9.17) is 9.47 Å². The summed E-state index contributed by atoms with van der Waals surface area (Å²) >= 11 is 0. The van der Waals surface area contributed by atoms with Crippen LogP contribution in [0.2, 0.25) is 0 Å². The fourth-order valence-electron chi connectivity index (χ4n) is 4.98. The number of fused-ring (bicyclic) bond motifs is 3. The molecule has 1 N–H and O–H groups in total. The van der Waals surface area contributed by atoms with Gasteiger partial charge in [-0.2, -0.15) is 0 Å². The molecule has 1 fully saturated rings. The Bertz CT molecular complexity index is 1100. The zero-order valence-electron chi connectivity index (χ0n) is 20.4. The number of hydrogen-bond acceptors (Lipinski definition) is 6. The van der Waals surface area contributed by atoms with Crippen LogP contribution in [-0.2, 0) is 19.1 Å². The number of benzene rings is 2. The highest BCUT2D eigenvalue weighted by Crippen LogP contribution is 2.44. The van der Waals surface area contributed by atoms with Crippen molar-refractivity contribution >= 4 is 18.0 Å². The Balaban J connectivity index is 1.55. The molecule has 1 amide bonds. The second-order valence-electron chi connectivity index (χ2n) is 9.90. The molecule has 1 saturated heterocycles. The van der Waals surface area contributed by atoms with Crippen LogP contribution >= 0.6 is 0 Å². The topological polar surface area (TPSA) is 111 Å². The molecular formula is C27H31N2O6-. The highest BCUT2D eigenvalue weighted by atomic mass is 16.6. The van der Waals surface area contributed by atoms with Gasteiger partial charge in [-0.1, -0.05) is 62.4 Å². The monoisotopic (exact) mass is 479 g/mol. The highest BCUT2D eigenvalue weighted by molar-refractivity contribution is 5.89. The molecule has 0 saturated carbocycles. The molecular weight excluding hydrogens is 448 g/mol. The van der Waals surface area contributed by atoms with E-state index in [0.717, 1.165) is 22.3 Å². The van der Waals surface area contributed by atoms with Gasteiger partial charge in [-0.3, -0.25) is 14.7 Å². The first-order valence-electron chi connectivity index (χ1n) is 11.9. The van der Waals surface area contributed by atoms with Gasteiger partial charge in [0.15, 0.2) is 6.04 Å². The van der Waals surface area contributed by atoms with E-state index < -0.39 is 35.8 Å². The molecule has 0 spiro atoms. The molecule has 1 aliphatic carbocycles. The lowest BCUT2D eigenvalue weighted by Crippen LogP contribution is -2.54. The van der Waals surface area contributed by atoms with Gasteiger partial charge in [0.25, 0.3) is 5.91 Å². The van der Waals surface area contributed by atoms with E-state index in [2.05, 4.69) is 17.1 Å². The second kappa shape index (κ2) is 9.70. The van der Waals surface area contributed by atoms with Gasteiger partial charge >= 0.3 is 5.97 Å². The van der Waals surface area contributed by atoms with Crippen molar-refractivity contribution in [3.63, 3.8) is 0 Å². The Morgan fingerprint density at radius 3 is 2.26 bits per heavy atom. The maximum atomic E-state index is 13.4. The number of carbonyl (C=O) groups is 2. The molecule has 1 heterocycles. The van der Waals surface area contributed by atoms with Crippen molar-refractivity contribution in [1.82, 2.24) is 4.90 Å². The molecule has 2 aliphatic rings. The van der Waals surface area contributed by atoms with Gasteiger partial charge in [0.1, 0.15) is 17.9 Å². The molecule has 1 aliphatic heterocycles. The van der Waals surface area contributed by atoms with Crippen molar-refractivity contribution in [1.29, 1.82) is 0 Å². The van der Waals surface area contributed by atoms with Crippen LogP contribution in [0, 0.1) is 5.92 Å². The fourth-order valence-corrected chi connectivity index (χ4v) is 4.98. The van der Waals surface area contributed by atoms with Gasteiger partial charge < -0.3 is 19.7 Å². The van der Waals surface area contributed by atoms with Crippen molar-refractivity contribution < 1.29 is 29.3 Å². The first kappa shape index (κ1) is 24.7. The van der Waals surface area contributed by atoms with Gasteiger partial charge in [0, 0.05) is 12.5 Å². The highest BCUT2D eigenvalue weighted by Gasteiger charge is 2.48. The maximum absolute atomic E-state index is 13.4. The van der Waals surface area contributed by atoms with Crippen LogP contribution in [0.25, 0.3) is 11.1 Å². The Morgan fingerprint density at radius 2 is 1.71 bits per heavy atom. The summed E-state index contributed by atoms with van der Waals surface area (Å²) < 4.78 is 11.1. The number of nitrogens with zero attached hydrogens (tertiary/aromatic N) is 2. The number of aliphatic carboxylic acids is 1. The Labute approximate surface area is 205 Å². The predicted octanol–water partition coefficient (Wildman–Crippen LogP) is 2.99. The van der Waals surface area contributed by atoms with Crippen LogP contribution < -0.4 is 5.11 Å². The summed E-state index contributed by atoms with van der Waals surface area (Å²) in [6.45, 7) is 7.06. The third-order valence-electron chi connectivity index (χ3n) is 6.59. The summed E-state index contributed by atoms with van der Waals surface area (Å²) in [5.74, 6) is -1.79. The summed E-state index contributed by atoms with van der Waals surface area (Å²) in [7, 11) is 0. The van der Waals surface area contributed by atoms with Gasteiger partial charge in [-0.25, -0.2) is 4.79 Å². The Kier molecular flexibility index (Phi) is 6.85. The number of carboxylic acids is 1. The minimum atomic E-state index is -1.16. The SMILES string of the molecule is CC(C)C[C@H](N=C([O-])OCC1c2ccccc2-c2ccccc21)C(=O)N1C(C(=O)O)COC1(C)C. The van der Waals surface area contributed by atoms with E-state index in [0.29, 0.717) is 0 Å². The molecule has 8 nitrogen and oxygen atoms in total. The minimum Gasteiger partial charge on any atom is -0.599 e. The van der Waals surface area contributed by atoms with Gasteiger partial charge in [-0.05, 0) is 48.4 Å². The average Bonchev–Trinajstić information content (AvgIpc) is 3.30. The Morgan fingerprint density at radius 1 is 1.14 bits per heavy atom. The molecule has 2 aromatic rings. The van der Waals surface area contributed by atoms with Crippen molar-refractivity contribution in [2.24, 2.45) is 10.9 Å². The zero-order valence-corrected chi connectivity index (χ0v) is 20.4. The molecule has 1 unspecified atom stereocenters. The van der Waals surface area contributed by atoms with E-state index in [-0.39, 0.29) is 31.5 Å². The standard InChI is InChI=1S/C27H32N2O6/c1-16(2)13-22(24(30)29-23(25(31)32)15-35-27(29,3)4)28-26(33)34-14-21-19-11-7-5-9-17(19)18-10-6-8-12-20(18)21/h5-12,16,21-23H,13-15H2,1-4H3,(H,28,33)(H,31,32)/p-1/t22-,23?/m0/s1. The summed E-state index contributed by atoms with van der Waals surface area (Å²) in [6.07, 6.45) is -0.558. The summed E-state index contributed by atoms with van der Waals surface area (Å²) in [5.41, 5.74) is 3.27. The van der Waals surface area contributed by atoms with Gasteiger partial charge in [0.2, 0.25) is 0 Å². The number of hydrogen-bond donors (Lipinski definition) is 1.